The highest BCUT2D eigenvalue weighted by Gasteiger charge is 2.18. The Balaban J connectivity index is 1.93. The van der Waals surface area contributed by atoms with Crippen molar-refractivity contribution >= 4 is 17.6 Å². The number of anilines is 1. The van der Waals surface area contributed by atoms with E-state index in [2.05, 4.69) is 0 Å². The molecule has 3 rings (SSSR count). The third kappa shape index (κ3) is 4.46. The van der Waals surface area contributed by atoms with Gasteiger partial charge in [0.15, 0.2) is 5.96 Å². The number of primary amides is 1. The Bertz CT molecular complexity index is 924. The lowest BCUT2D eigenvalue weighted by Crippen LogP contribution is -2.36. The van der Waals surface area contributed by atoms with E-state index in [0.29, 0.717) is 29.4 Å². The number of hydrogen-bond acceptors (Lipinski definition) is 4. The number of amides is 1. The molecule has 0 aliphatic heterocycles. The fourth-order valence-electron chi connectivity index (χ4n) is 2.60. The van der Waals surface area contributed by atoms with Crippen LogP contribution >= 0.6 is 0 Å². The molecule has 0 aliphatic carbocycles. The highest BCUT2D eigenvalue weighted by molar-refractivity contribution is 5.97. The van der Waals surface area contributed by atoms with Gasteiger partial charge in [0, 0.05) is 5.56 Å². The Hall–Kier alpha value is -3.74. The van der Waals surface area contributed by atoms with Crippen LogP contribution in [0.3, 0.4) is 0 Å². The topological polar surface area (TPSA) is 119 Å². The number of furan rings is 1. The fraction of sp³-hybridized carbons (Fsp3) is 0.100. The highest BCUT2D eigenvalue weighted by Crippen LogP contribution is 2.31. The summed E-state index contributed by atoms with van der Waals surface area (Å²) in [5.41, 5.74) is 13.0. The van der Waals surface area contributed by atoms with Crippen molar-refractivity contribution in [2.45, 2.75) is 13.2 Å². The van der Waals surface area contributed by atoms with Gasteiger partial charge >= 0.3 is 0 Å². The number of benzene rings is 2. The molecule has 2 aromatic carbocycles. The maximum atomic E-state index is 11.6. The number of nitrogens with one attached hydrogen (secondary N) is 1. The average molecular weight is 364 g/mol. The largest absolute Gasteiger partial charge is 0.487 e. The van der Waals surface area contributed by atoms with Crippen LogP contribution in [0.4, 0.5) is 5.69 Å². The summed E-state index contributed by atoms with van der Waals surface area (Å²) in [5.74, 6) is 0.296. The van der Waals surface area contributed by atoms with Gasteiger partial charge in [0.05, 0.1) is 18.5 Å². The van der Waals surface area contributed by atoms with Crippen molar-refractivity contribution in [3.05, 3.63) is 83.8 Å². The highest BCUT2D eigenvalue weighted by atomic mass is 16.5. The first-order valence-electron chi connectivity index (χ1n) is 8.29. The SMILES string of the molecule is N=C(N)N(Cc1ccco1)c1ccc(C(N)=O)cc1OCc1ccccc1. The minimum Gasteiger partial charge on any atom is -0.487 e. The average Bonchev–Trinajstić information content (AvgIpc) is 3.18. The lowest BCUT2D eigenvalue weighted by molar-refractivity contribution is 0.1000. The van der Waals surface area contributed by atoms with Gasteiger partial charge in [-0.15, -0.1) is 0 Å². The summed E-state index contributed by atoms with van der Waals surface area (Å²) in [6, 6.07) is 18.0. The molecule has 1 amide bonds. The molecule has 0 spiro atoms. The standard InChI is InChI=1S/C20H20N4O3/c21-19(25)15-8-9-17(24(20(22)23)12-16-7-4-10-26-16)18(11-15)27-13-14-5-2-1-3-6-14/h1-11H,12-13H2,(H2,21,25)(H3,22,23). The molecule has 0 radical (unpaired) electrons. The monoisotopic (exact) mass is 364 g/mol. The third-order valence-electron chi connectivity index (χ3n) is 3.96. The summed E-state index contributed by atoms with van der Waals surface area (Å²) >= 11 is 0. The summed E-state index contributed by atoms with van der Waals surface area (Å²) in [6.07, 6.45) is 1.55. The molecule has 0 saturated carbocycles. The van der Waals surface area contributed by atoms with Crippen LogP contribution in [-0.4, -0.2) is 11.9 Å². The van der Waals surface area contributed by atoms with Gasteiger partial charge in [-0.2, -0.15) is 0 Å². The maximum Gasteiger partial charge on any atom is 0.248 e. The number of rotatable bonds is 7. The van der Waals surface area contributed by atoms with Crippen LogP contribution in [0.1, 0.15) is 21.7 Å². The minimum absolute atomic E-state index is 0.178. The quantitative estimate of drug-likeness (QED) is 0.440. The number of nitrogens with zero attached hydrogens (tertiary/aromatic N) is 1. The van der Waals surface area contributed by atoms with Crippen molar-refractivity contribution in [1.82, 2.24) is 0 Å². The van der Waals surface area contributed by atoms with Crippen LogP contribution in [0.2, 0.25) is 0 Å². The first-order chi connectivity index (χ1) is 13.0. The molecular weight excluding hydrogens is 344 g/mol. The molecule has 7 heteroatoms. The number of guanidine groups is 1. The zero-order valence-corrected chi connectivity index (χ0v) is 14.6. The van der Waals surface area contributed by atoms with Crippen molar-refractivity contribution in [3.63, 3.8) is 0 Å². The van der Waals surface area contributed by atoms with E-state index in [1.54, 1.807) is 36.6 Å². The van der Waals surface area contributed by atoms with E-state index in [9.17, 15) is 4.79 Å². The molecule has 0 unspecified atom stereocenters. The van der Waals surface area contributed by atoms with E-state index in [0.717, 1.165) is 5.56 Å². The molecule has 1 heterocycles. The first-order valence-corrected chi connectivity index (χ1v) is 8.29. The molecule has 0 aliphatic rings. The van der Waals surface area contributed by atoms with Crippen molar-refractivity contribution in [1.29, 1.82) is 5.41 Å². The summed E-state index contributed by atoms with van der Waals surface area (Å²) in [7, 11) is 0. The van der Waals surface area contributed by atoms with E-state index in [4.69, 9.17) is 26.0 Å². The zero-order chi connectivity index (χ0) is 19.2. The van der Waals surface area contributed by atoms with E-state index in [-0.39, 0.29) is 12.5 Å². The Morgan fingerprint density at radius 1 is 1.07 bits per heavy atom. The molecule has 1 aromatic heterocycles. The van der Waals surface area contributed by atoms with E-state index in [1.807, 2.05) is 30.3 Å². The predicted molar refractivity (Wildman–Crippen MR) is 103 cm³/mol. The van der Waals surface area contributed by atoms with Crippen LogP contribution in [0.25, 0.3) is 0 Å². The molecule has 5 N–H and O–H groups in total. The van der Waals surface area contributed by atoms with Gasteiger partial charge in [-0.3, -0.25) is 10.2 Å². The second-order valence-corrected chi connectivity index (χ2v) is 5.87. The van der Waals surface area contributed by atoms with Crippen molar-refractivity contribution in [2.24, 2.45) is 11.5 Å². The van der Waals surface area contributed by atoms with E-state index in [1.165, 1.54) is 4.90 Å². The number of carbonyl (C=O) groups excluding carboxylic acids is 1. The number of carbonyl (C=O) groups is 1. The molecule has 0 bridgehead atoms. The second-order valence-electron chi connectivity index (χ2n) is 5.87. The van der Waals surface area contributed by atoms with Gasteiger partial charge < -0.3 is 25.5 Å². The van der Waals surface area contributed by atoms with Crippen molar-refractivity contribution in [2.75, 3.05) is 4.90 Å². The molecular formula is C20H20N4O3. The van der Waals surface area contributed by atoms with Gasteiger partial charge in [0.1, 0.15) is 18.1 Å². The lowest BCUT2D eigenvalue weighted by atomic mass is 10.1. The Morgan fingerprint density at radius 2 is 1.85 bits per heavy atom. The van der Waals surface area contributed by atoms with E-state index >= 15 is 0 Å². The molecule has 0 atom stereocenters. The summed E-state index contributed by atoms with van der Waals surface area (Å²) in [5, 5.41) is 7.94. The molecule has 0 fully saturated rings. The number of hydrogen-bond donors (Lipinski definition) is 3. The van der Waals surface area contributed by atoms with E-state index < -0.39 is 5.91 Å². The van der Waals surface area contributed by atoms with Crippen molar-refractivity contribution < 1.29 is 13.9 Å². The normalized spacial score (nSPS) is 10.4. The fourth-order valence-corrected chi connectivity index (χ4v) is 2.60. The summed E-state index contributed by atoms with van der Waals surface area (Å²) in [4.78, 5) is 13.1. The minimum atomic E-state index is -0.563. The zero-order valence-electron chi connectivity index (χ0n) is 14.6. The lowest BCUT2D eigenvalue weighted by Gasteiger charge is -2.24. The van der Waals surface area contributed by atoms with Crippen LogP contribution in [-0.2, 0) is 13.2 Å². The van der Waals surface area contributed by atoms with Gasteiger partial charge in [-0.05, 0) is 35.9 Å². The van der Waals surface area contributed by atoms with Crippen LogP contribution < -0.4 is 21.1 Å². The van der Waals surface area contributed by atoms with Gasteiger partial charge in [0.25, 0.3) is 0 Å². The van der Waals surface area contributed by atoms with Gasteiger partial charge in [-0.1, -0.05) is 30.3 Å². The Labute approximate surface area is 156 Å². The van der Waals surface area contributed by atoms with Crippen LogP contribution in [0.15, 0.2) is 71.3 Å². The maximum absolute atomic E-state index is 11.6. The molecule has 138 valence electrons. The summed E-state index contributed by atoms with van der Waals surface area (Å²) < 4.78 is 11.3. The first kappa shape index (κ1) is 18.1. The molecule has 3 aromatic rings. The summed E-state index contributed by atoms with van der Waals surface area (Å²) in [6.45, 7) is 0.544. The van der Waals surface area contributed by atoms with Crippen LogP contribution in [0.5, 0.6) is 5.75 Å². The van der Waals surface area contributed by atoms with Gasteiger partial charge in [-0.25, -0.2) is 0 Å². The number of nitrogens with two attached hydrogens (primary N) is 2. The predicted octanol–water partition coefficient (Wildman–Crippen LogP) is 2.86. The Kier molecular flexibility index (Phi) is 5.41. The van der Waals surface area contributed by atoms with Crippen LogP contribution in [0, 0.1) is 5.41 Å². The second kappa shape index (κ2) is 8.09. The molecule has 0 saturated heterocycles. The third-order valence-corrected chi connectivity index (χ3v) is 3.96. The molecule has 7 nitrogen and oxygen atoms in total. The van der Waals surface area contributed by atoms with Crippen molar-refractivity contribution in [3.8, 4) is 5.75 Å². The smallest absolute Gasteiger partial charge is 0.248 e. The Morgan fingerprint density at radius 3 is 2.48 bits per heavy atom. The molecule has 27 heavy (non-hydrogen) atoms. The van der Waals surface area contributed by atoms with Gasteiger partial charge in [0.2, 0.25) is 5.91 Å². The number of ether oxygens (including phenoxy) is 1.